The molecule has 0 heterocycles. The van der Waals surface area contributed by atoms with Crippen LogP contribution in [0.3, 0.4) is 0 Å². The van der Waals surface area contributed by atoms with Crippen LogP contribution in [0.15, 0.2) is 30.3 Å². The van der Waals surface area contributed by atoms with Crippen molar-refractivity contribution in [2.45, 2.75) is 26.9 Å². The van der Waals surface area contributed by atoms with Crippen LogP contribution in [-0.4, -0.2) is 49.1 Å². The molecule has 0 aliphatic rings. The third-order valence-corrected chi connectivity index (χ3v) is 5.23. The Morgan fingerprint density at radius 2 is 1.35 bits per heavy atom. The van der Waals surface area contributed by atoms with Crippen LogP contribution in [0.4, 0.5) is 13.2 Å². The van der Waals surface area contributed by atoms with E-state index in [-0.39, 0.29) is 22.9 Å². The van der Waals surface area contributed by atoms with Gasteiger partial charge in [-0.05, 0) is 43.4 Å². The molecule has 0 saturated carbocycles. The van der Waals surface area contributed by atoms with E-state index in [4.69, 9.17) is 34.7 Å². The lowest BCUT2D eigenvalue weighted by atomic mass is 10.2. The van der Waals surface area contributed by atoms with Crippen LogP contribution >= 0.6 is 23.2 Å². The summed E-state index contributed by atoms with van der Waals surface area (Å²) in [4.78, 5) is 3.94. The first-order chi connectivity index (χ1) is 14.8. The van der Waals surface area contributed by atoms with Crippen LogP contribution in [-0.2, 0) is 13.1 Å². The molecule has 0 bridgehead atoms. The predicted octanol–water partition coefficient (Wildman–Crippen LogP) is 4.66. The Balaban J connectivity index is 0.000000311. The fraction of sp³-hybridized carbons (Fsp3) is 0.455. The molecule has 0 saturated heterocycles. The predicted molar refractivity (Wildman–Crippen MR) is 123 cm³/mol. The molecule has 0 aromatic heterocycles. The second kappa shape index (κ2) is 14.7. The Hall–Kier alpha value is -1.35. The third-order valence-electron chi connectivity index (χ3n) is 4.71. The average molecular weight is 479 g/mol. The standard InChI is InChI=1S/C11H15ClF2N2.C11H16ClFN2/c1-2-16(6-5-15)7-8-10(13)4-3-9(12)11(8)14;1-2-15(6-5-14)8-9-7-10(12)3-4-11(9)13/h3-4H,2,5-7,15H2,1H3;3-4,7H,2,5-6,8,14H2,1H3. The fourth-order valence-electron chi connectivity index (χ4n) is 2.91. The van der Waals surface area contributed by atoms with Crippen LogP contribution in [0.2, 0.25) is 10.0 Å². The summed E-state index contributed by atoms with van der Waals surface area (Å²) in [5, 5.41) is 0.510. The number of benzene rings is 2. The lowest BCUT2D eigenvalue weighted by Gasteiger charge is -2.20. The van der Waals surface area contributed by atoms with Gasteiger partial charge < -0.3 is 11.5 Å². The normalized spacial score (nSPS) is 11.1. The molecule has 0 aliphatic heterocycles. The lowest BCUT2D eigenvalue weighted by molar-refractivity contribution is 0.279. The number of hydrogen-bond acceptors (Lipinski definition) is 4. The van der Waals surface area contributed by atoms with E-state index in [1.807, 2.05) is 18.7 Å². The van der Waals surface area contributed by atoms with Crippen molar-refractivity contribution in [3.63, 3.8) is 0 Å². The first kappa shape index (κ1) is 27.7. The molecular weight excluding hydrogens is 448 g/mol. The molecule has 0 amide bonds. The summed E-state index contributed by atoms with van der Waals surface area (Å²) in [5.41, 5.74) is 11.5. The zero-order valence-electron chi connectivity index (χ0n) is 18.0. The molecule has 31 heavy (non-hydrogen) atoms. The van der Waals surface area contributed by atoms with E-state index in [9.17, 15) is 13.2 Å². The van der Waals surface area contributed by atoms with Gasteiger partial charge in [-0.1, -0.05) is 37.0 Å². The monoisotopic (exact) mass is 478 g/mol. The van der Waals surface area contributed by atoms with E-state index in [1.54, 1.807) is 12.1 Å². The van der Waals surface area contributed by atoms with Gasteiger partial charge in [0.05, 0.1) is 5.02 Å². The van der Waals surface area contributed by atoms with Crippen LogP contribution in [0.1, 0.15) is 25.0 Å². The maximum absolute atomic E-state index is 13.6. The van der Waals surface area contributed by atoms with Gasteiger partial charge in [0.15, 0.2) is 0 Å². The van der Waals surface area contributed by atoms with Crippen LogP contribution in [0.25, 0.3) is 0 Å². The molecule has 0 spiro atoms. The molecule has 0 fully saturated rings. The number of halogens is 5. The molecule has 4 N–H and O–H groups in total. The average Bonchev–Trinajstić information content (AvgIpc) is 2.75. The fourth-order valence-corrected chi connectivity index (χ4v) is 3.28. The van der Waals surface area contributed by atoms with E-state index in [1.165, 1.54) is 18.2 Å². The van der Waals surface area contributed by atoms with Crippen molar-refractivity contribution in [3.05, 3.63) is 69.0 Å². The van der Waals surface area contributed by atoms with Crippen molar-refractivity contribution in [3.8, 4) is 0 Å². The molecule has 174 valence electrons. The molecule has 0 unspecified atom stereocenters. The van der Waals surface area contributed by atoms with Crippen LogP contribution < -0.4 is 11.5 Å². The largest absolute Gasteiger partial charge is 0.329 e. The van der Waals surface area contributed by atoms with Crippen LogP contribution in [0.5, 0.6) is 0 Å². The molecule has 4 nitrogen and oxygen atoms in total. The van der Waals surface area contributed by atoms with E-state index in [0.29, 0.717) is 43.3 Å². The summed E-state index contributed by atoms with van der Waals surface area (Å²) in [6.45, 7) is 8.61. The van der Waals surface area contributed by atoms with Crippen molar-refractivity contribution < 1.29 is 13.2 Å². The summed E-state index contributed by atoms with van der Waals surface area (Å²) in [6.07, 6.45) is 0. The van der Waals surface area contributed by atoms with Gasteiger partial charge in [-0.3, -0.25) is 9.80 Å². The van der Waals surface area contributed by atoms with Gasteiger partial charge >= 0.3 is 0 Å². The molecule has 0 atom stereocenters. The lowest BCUT2D eigenvalue weighted by Crippen LogP contribution is -2.29. The van der Waals surface area contributed by atoms with Crippen molar-refractivity contribution in [1.82, 2.24) is 9.80 Å². The van der Waals surface area contributed by atoms with Gasteiger partial charge in [0, 0.05) is 55.4 Å². The molecule has 0 radical (unpaired) electrons. The van der Waals surface area contributed by atoms with E-state index < -0.39 is 11.6 Å². The highest BCUT2D eigenvalue weighted by atomic mass is 35.5. The second-order valence-corrected chi connectivity index (χ2v) is 7.72. The Morgan fingerprint density at radius 3 is 1.90 bits per heavy atom. The highest BCUT2D eigenvalue weighted by Gasteiger charge is 2.15. The smallest absolute Gasteiger partial charge is 0.149 e. The van der Waals surface area contributed by atoms with Gasteiger partial charge in [0.1, 0.15) is 17.5 Å². The molecule has 2 aromatic rings. The summed E-state index contributed by atoms with van der Waals surface area (Å²) in [7, 11) is 0. The summed E-state index contributed by atoms with van der Waals surface area (Å²) < 4.78 is 40.4. The molecule has 2 rings (SSSR count). The SMILES string of the molecule is CCN(CCN)Cc1c(F)ccc(Cl)c1F.CCN(CCN)Cc1cc(Cl)ccc1F. The zero-order chi connectivity index (χ0) is 23.4. The molecule has 0 aliphatic carbocycles. The Labute approximate surface area is 192 Å². The number of nitrogens with two attached hydrogens (primary N) is 2. The minimum absolute atomic E-state index is 0.00259. The van der Waals surface area contributed by atoms with E-state index in [0.717, 1.165) is 13.1 Å². The second-order valence-electron chi connectivity index (χ2n) is 6.87. The van der Waals surface area contributed by atoms with Crippen molar-refractivity contribution in [2.24, 2.45) is 11.5 Å². The zero-order valence-corrected chi connectivity index (χ0v) is 19.5. The van der Waals surface area contributed by atoms with Gasteiger partial charge in [0.25, 0.3) is 0 Å². The number of hydrogen-bond donors (Lipinski definition) is 2. The van der Waals surface area contributed by atoms with Gasteiger partial charge in [-0.15, -0.1) is 0 Å². The van der Waals surface area contributed by atoms with Gasteiger partial charge in [-0.25, -0.2) is 13.2 Å². The van der Waals surface area contributed by atoms with Crippen LogP contribution in [0, 0.1) is 17.5 Å². The summed E-state index contributed by atoms with van der Waals surface area (Å²) in [6, 6.07) is 7.01. The van der Waals surface area contributed by atoms with Crippen molar-refractivity contribution in [2.75, 3.05) is 39.3 Å². The molecule has 9 heteroatoms. The molecular formula is C22H31Cl2F3N4. The highest BCUT2D eigenvalue weighted by molar-refractivity contribution is 6.31. The Morgan fingerprint density at radius 1 is 0.806 bits per heavy atom. The quantitative estimate of drug-likeness (QED) is 0.487. The number of likely N-dealkylation sites (N-methyl/N-ethyl adjacent to an activating group) is 2. The third kappa shape index (κ3) is 9.35. The summed E-state index contributed by atoms with van der Waals surface area (Å²) in [5.74, 6) is -1.47. The van der Waals surface area contributed by atoms with Crippen molar-refractivity contribution >= 4 is 23.2 Å². The summed E-state index contributed by atoms with van der Waals surface area (Å²) >= 11 is 11.4. The first-order valence-electron chi connectivity index (χ1n) is 10.2. The number of rotatable bonds is 10. The van der Waals surface area contributed by atoms with Gasteiger partial charge in [0.2, 0.25) is 0 Å². The van der Waals surface area contributed by atoms with E-state index in [2.05, 4.69) is 4.90 Å². The first-order valence-corrected chi connectivity index (χ1v) is 10.9. The topological polar surface area (TPSA) is 58.5 Å². The van der Waals surface area contributed by atoms with Crippen molar-refractivity contribution in [1.29, 1.82) is 0 Å². The minimum Gasteiger partial charge on any atom is -0.329 e. The maximum atomic E-state index is 13.6. The Kier molecular flexibility index (Phi) is 13.1. The minimum atomic E-state index is -0.683. The Bertz CT molecular complexity index is 809. The number of nitrogens with zero attached hydrogens (tertiary/aromatic N) is 2. The highest BCUT2D eigenvalue weighted by Crippen LogP contribution is 2.22. The van der Waals surface area contributed by atoms with Gasteiger partial charge in [-0.2, -0.15) is 0 Å². The van der Waals surface area contributed by atoms with E-state index >= 15 is 0 Å². The molecule has 2 aromatic carbocycles. The maximum Gasteiger partial charge on any atom is 0.149 e.